The van der Waals surface area contributed by atoms with E-state index in [2.05, 4.69) is 14.2 Å². The molecule has 1 aliphatic heterocycles. The first-order valence-electron chi connectivity index (χ1n) is 6.48. The van der Waals surface area contributed by atoms with Crippen LogP contribution in [-0.2, 0) is 10.4 Å². The average molecular weight is 320 g/mol. The number of nitrogens with two attached hydrogens (primary N) is 1. The van der Waals surface area contributed by atoms with Gasteiger partial charge in [0, 0.05) is 19.2 Å². The molecule has 0 bridgehead atoms. The van der Waals surface area contributed by atoms with Gasteiger partial charge in [-0.25, -0.2) is 4.28 Å². The van der Waals surface area contributed by atoms with Crippen LogP contribution in [0, 0.1) is 6.92 Å². The number of anilines is 2. The number of aromatic nitrogens is 2. The molecule has 1 fully saturated rings. The Bertz CT molecular complexity index is 561. The molecule has 0 aromatic carbocycles. The van der Waals surface area contributed by atoms with Crippen LogP contribution in [0.15, 0.2) is 6.07 Å². The molecule has 10 heteroatoms. The fourth-order valence-electron chi connectivity index (χ4n) is 2.27. The maximum Gasteiger partial charge on any atom is 0.476 e. The van der Waals surface area contributed by atoms with Crippen molar-refractivity contribution in [3.63, 3.8) is 0 Å². The van der Waals surface area contributed by atoms with Crippen molar-refractivity contribution in [2.45, 2.75) is 32.6 Å². The topological polar surface area (TPSA) is 140 Å². The second-order valence-corrected chi connectivity index (χ2v) is 5.82. The second kappa shape index (κ2) is 6.87. The summed E-state index contributed by atoms with van der Waals surface area (Å²) in [5.41, 5.74) is 6.14. The molecule has 4 N–H and O–H groups in total. The molecule has 1 saturated heterocycles. The van der Waals surface area contributed by atoms with Crippen LogP contribution in [0.3, 0.4) is 0 Å². The maximum absolute atomic E-state index is 10.8. The molecular formula is C11H20N4O5S. The van der Waals surface area contributed by atoms with E-state index in [4.69, 9.17) is 10.3 Å². The van der Waals surface area contributed by atoms with E-state index in [0.29, 0.717) is 11.5 Å². The predicted octanol–water partition coefficient (Wildman–Crippen LogP) is -0.305. The quantitative estimate of drug-likeness (QED) is 0.571. The summed E-state index contributed by atoms with van der Waals surface area (Å²) in [5.74, 6) is 0.568. The number of nitrogens with zero attached hydrogens (tertiary/aromatic N) is 3. The monoisotopic (exact) mass is 320 g/mol. The van der Waals surface area contributed by atoms with Gasteiger partial charge in [0.15, 0.2) is 0 Å². The van der Waals surface area contributed by atoms with Crippen molar-refractivity contribution >= 4 is 22.2 Å². The first-order chi connectivity index (χ1) is 9.37. The summed E-state index contributed by atoms with van der Waals surface area (Å²) >= 11 is 0. The van der Waals surface area contributed by atoms with Gasteiger partial charge in [-0.15, -0.1) is 0 Å². The molecule has 9 nitrogen and oxygen atoms in total. The van der Waals surface area contributed by atoms with Crippen LogP contribution in [0.25, 0.3) is 0 Å². The maximum atomic E-state index is 10.8. The van der Waals surface area contributed by atoms with E-state index in [1.807, 2.05) is 0 Å². The first-order valence-corrected chi connectivity index (χ1v) is 7.85. The molecule has 0 radical (unpaired) electrons. The fourth-order valence-corrected chi connectivity index (χ4v) is 2.66. The van der Waals surface area contributed by atoms with Crippen LogP contribution in [0.2, 0.25) is 0 Å². The lowest BCUT2D eigenvalue weighted by Crippen LogP contribution is -2.51. The Morgan fingerprint density at radius 1 is 1.33 bits per heavy atom. The zero-order valence-electron chi connectivity index (χ0n) is 11.8. The van der Waals surface area contributed by atoms with Crippen molar-refractivity contribution in [3.05, 3.63) is 11.8 Å². The molecule has 1 aromatic heterocycles. The number of hydrogen-bond acceptors (Lipinski definition) is 7. The lowest BCUT2D eigenvalue weighted by molar-refractivity contribution is -0.851. The van der Waals surface area contributed by atoms with Gasteiger partial charge in [0.05, 0.1) is 0 Å². The Balaban J connectivity index is 0.00000220. The summed E-state index contributed by atoms with van der Waals surface area (Å²) in [5, 5.41) is 0. The molecular weight excluding hydrogens is 300 g/mol. The molecule has 2 rings (SSSR count). The standard InChI is InChI=1S/C11H18N4O4S.H2O/c1-9-8-10(14-6-4-2-3-5-7-14)13-11(12)15(9)19-20(16,17)18;/h8,12H,2-7H2,1H3,(H,16,17,18);1H2. The van der Waals surface area contributed by atoms with Gasteiger partial charge >= 0.3 is 16.3 Å². The molecule has 120 valence electrons. The van der Waals surface area contributed by atoms with Crippen molar-refractivity contribution in [2.24, 2.45) is 0 Å². The summed E-state index contributed by atoms with van der Waals surface area (Å²) in [7, 11) is -4.64. The molecule has 2 heterocycles. The largest absolute Gasteiger partial charge is 0.870 e. The Morgan fingerprint density at radius 3 is 2.38 bits per heavy atom. The SMILES string of the molecule is Cc1cc(N2CCCCCC2)nc(N)[n+]1OS(=O)(=O)O.[OH-]. The zero-order chi connectivity index (χ0) is 14.8. The Kier molecular flexibility index (Phi) is 5.70. The minimum absolute atomic E-state index is 0. The van der Waals surface area contributed by atoms with Crippen LogP contribution in [0.4, 0.5) is 11.8 Å². The fraction of sp³-hybridized carbons (Fsp3) is 0.636. The molecule has 21 heavy (non-hydrogen) atoms. The van der Waals surface area contributed by atoms with Crippen molar-refractivity contribution in [3.8, 4) is 0 Å². The molecule has 1 aliphatic rings. The molecule has 0 spiro atoms. The van der Waals surface area contributed by atoms with Crippen molar-refractivity contribution in [1.82, 2.24) is 4.98 Å². The van der Waals surface area contributed by atoms with Crippen LogP contribution in [-0.4, -0.2) is 36.5 Å². The van der Waals surface area contributed by atoms with Gasteiger partial charge in [-0.2, -0.15) is 8.42 Å². The predicted molar refractivity (Wildman–Crippen MR) is 74.3 cm³/mol. The Morgan fingerprint density at radius 2 is 1.90 bits per heavy atom. The van der Waals surface area contributed by atoms with E-state index in [1.54, 1.807) is 13.0 Å². The van der Waals surface area contributed by atoms with Crippen molar-refractivity contribution in [1.29, 1.82) is 0 Å². The number of rotatable bonds is 3. The van der Waals surface area contributed by atoms with Gasteiger partial charge in [0.1, 0.15) is 5.69 Å². The highest BCUT2D eigenvalue weighted by molar-refractivity contribution is 7.80. The lowest BCUT2D eigenvalue weighted by atomic mass is 10.2. The van der Waals surface area contributed by atoms with Crippen LogP contribution >= 0.6 is 0 Å². The summed E-state index contributed by atoms with van der Waals surface area (Å²) in [6.07, 6.45) is 4.58. The second-order valence-electron chi connectivity index (χ2n) is 4.81. The number of aryl methyl sites for hydroxylation is 1. The van der Waals surface area contributed by atoms with Crippen LogP contribution in [0.5, 0.6) is 0 Å². The van der Waals surface area contributed by atoms with E-state index in [0.717, 1.165) is 30.7 Å². The third-order valence-corrected chi connectivity index (χ3v) is 3.53. The molecule has 0 unspecified atom stereocenters. The van der Waals surface area contributed by atoms with E-state index < -0.39 is 10.4 Å². The smallest absolute Gasteiger partial charge is 0.476 e. The highest BCUT2D eigenvalue weighted by Gasteiger charge is 2.23. The van der Waals surface area contributed by atoms with Gasteiger partial charge in [-0.05, 0) is 24.5 Å². The molecule has 1 aromatic rings. The van der Waals surface area contributed by atoms with Crippen molar-refractivity contribution in [2.75, 3.05) is 23.7 Å². The van der Waals surface area contributed by atoms with E-state index in [1.165, 1.54) is 12.8 Å². The van der Waals surface area contributed by atoms with Gasteiger partial charge in [-0.1, -0.05) is 17.8 Å². The van der Waals surface area contributed by atoms with Gasteiger partial charge in [-0.3, -0.25) is 10.3 Å². The third kappa shape index (κ3) is 4.69. The minimum Gasteiger partial charge on any atom is -0.870 e. The third-order valence-electron chi connectivity index (χ3n) is 3.19. The number of hydrogen-bond donors (Lipinski definition) is 2. The van der Waals surface area contributed by atoms with Crippen LogP contribution < -0.4 is 19.6 Å². The Hall–Kier alpha value is -1.65. The molecule has 0 amide bonds. The normalized spacial score (nSPS) is 16.0. The average Bonchev–Trinajstić information content (AvgIpc) is 2.61. The van der Waals surface area contributed by atoms with Gasteiger partial charge in [0.2, 0.25) is 5.82 Å². The van der Waals surface area contributed by atoms with Gasteiger partial charge in [0.25, 0.3) is 0 Å². The highest BCUT2D eigenvalue weighted by Crippen LogP contribution is 2.18. The summed E-state index contributed by atoms with van der Waals surface area (Å²) in [4.78, 5) is 6.27. The molecule has 0 atom stereocenters. The number of nitrogen functional groups attached to an aromatic ring is 1. The Labute approximate surface area is 123 Å². The molecule has 0 aliphatic carbocycles. The first kappa shape index (κ1) is 17.4. The zero-order valence-corrected chi connectivity index (χ0v) is 12.6. The summed E-state index contributed by atoms with van der Waals surface area (Å²) in [6, 6.07) is 1.69. The van der Waals surface area contributed by atoms with Crippen molar-refractivity contribution < 1.29 is 27.5 Å². The van der Waals surface area contributed by atoms with E-state index >= 15 is 0 Å². The van der Waals surface area contributed by atoms with Gasteiger partial charge < -0.3 is 10.4 Å². The highest BCUT2D eigenvalue weighted by atomic mass is 32.3. The summed E-state index contributed by atoms with van der Waals surface area (Å²) in [6.45, 7) is 3.43. The van der Waals surface area contributed by atoms with E-state index in [9.17, 15) is 8.42 Å². The molecule has 0 saturated carbocycles. The summed E-state index contributed by atoms with van der Waals surface area (Å²) < 4.78 is 35.4. The lowest BCUT2D eigenvalue weighted by Gasteiger charge is -2.19. The minimum atomic E-state index is -4.64. The van der Waals surface area contributed by atoms with E-state index in [-0.39, 0.29) is 11.4 Å². The van der Waals surface area contributed by atoms with Crippen LogP contribution in [0.1, 0.15) is 31.4 Å².